The number of halogens is 1. The number of benzene rings is 1. The summed E-state index contributed by atoms with van der Waals surface area (Å²) in [4.78, 5) is 13.5. The van der Waals surface area contributed by atoms with Crippen molar-refractivity contribution in [3.05, 3.63) is 29.8 Å². The van der Waals surface area contributed by atoms with Crippen LogP contribution in [0.2, 0.25) is 0 Å². The topological polar surface area (TPSA) is 69.9 Å². The molecule has 0 aliphatic rings. The molecule has 0 amide bonds. The molecule has 0 heterocycles. The SMILES string of the molecule is O=C=Nc1cccc(C(O)C(O)CCCl)c1. The minimum Gasteiger partial charge on any atom is -0.390 e. The lowest BCUT2D eigenvalue weighted by molar-refractivity contribution is 0.0170. The largest absolute Gasteiger partial charge is 0.390 e. The molecule has 0 spiro atoms. The van der Waals surface area contributed by atoms with Crippen LogP contribution in [-0.2, 0) is 4.79 Å². The van der Waals surface area contributed by atoms with Gasteiger partial charge in [-0.1, -0.05) is 12.1 Å². The number of alkyl halides is 1. The Labute approximate surface area is 98.2 Å². The number of isocyanates is 1. The molecule has 4 nitrogen and oxygen atoms in total. The number of hydrogen-bond acceptors (Lipinski definition) is 4. The molecule has 0 aliphatic heterocycles. The van der Waals surface area contributed by atoms with Gasteiger partial charge in [-0.05, 0) is 24.1 Å². The number of hydrogen-bond donors (Lipinski definition) is 2. The van der Waals surface area contributed by atoms with Crippen molar-refractivity contribution in [3.8, 4) is 0 Å². The highest BCUT2D eigenvalue weighted by atomic mass is 35.5. The zero-order chi connectivity index (χ0) is 12.0. The number of rotatable bonds is 5. The molecule has 2 atom stereocenters. The van der Waals surface area contributed by atoms with E-state index in [1.54, 1.807) is 18.2 Å². The molecule has 0 bridgehead atoms. The summed E-state index contributed by atoms with van der Waals surface area (Å²) >= 11 is 5.47. The minimum atomic E-state index is -1.03. The predicted molar refractivity (Wildman–Crippen MR) is 60.5 cm³/mol. The van der Waals surface area contributed by atoms with Crippen LogP contribution in [0.25, 0.3) is 0 Å². The molecule has 1 aromatic rings. The van der Waals surface area contributed by atoms with Gasteiger partial charge in [-0.25, -0.2) is 4.79 Å². The van der Waals surface area contributed by atoms with E-state index >= 15 is 0 Å². The van der Waals surface area contributed by atoms with Gasteiger partial charge in [0, 0.05) is 5.88 Å². The monoisotopic (exact) mass is 241 g/mol. The first-order chi connectivity index (χ1) is 7.69. The average Bonchev–Trinajstić information content (AvgIpc) is 2.29. The van der Waals surface area contributed by atoms with E-state index in [1.807, 2.05) is 0 Å². The molecular weight excluding hydrogens is 230 g/mol. The Morgan fingerprint density at radius 3 is 2.81 bits per heavy atom. The predicted octanol–water partition coefficient (Wildman–Crippen LogP) is 1.68. The second-order valence-corrected chi connectivity index (χ2v) is 3.67. The van der Waals surface area contributed by atoms with Crippen LogP contribution in [0.5, 0.6) is 0 Å². The Morgan fingerprint density at radius 2 is 2.19 bits per heavy atom. The Balaban J connectivity index is 2.86. The highest BCUT2D eigenvalue weighted by molar-refractivity contribution is 6.17. The van der Waals surface area contributed by atoms with Crippen LogP contribution in [0.4, 0.5) is 5.69 Å². The van der Waals surface area contributed by atoms with Gasteiger partial charge in [0.15, 0.2) is 0 Å². The fourth-order valence-corrected chi connectivity index (χ4v) is 1.55. The molecule has 0 aliphatic carbocycles. The third-order valence-corrected chi connectivity index (χ3v) is 2.37. The number of carbonyl (C=O) groups excluding carboxylic acids is 1. The molecule has 1 aromatic carbocycles. The molecule has 0 radical (unpaired) electrons. The second kappa shape index (κ2) is 6.40. The van der Waals surface area contributed by atoms with Crippen molar-refractivity contribution in [2.75, 3.05) is 5.88 Å². The molecule has 1 rings (SSSR count). The van der Waals surface area contributed by atoms with Crippen LogP contribution >= 0.6 is 11.6 Å². The van der Waals surface area contributed by atoms with E-state index in [-0.39, 0.29) is 5.88 Å². The Kier molecular flexibility index (Phi) is 5.15. The summed E-state index contributed by atoms with van der Waals surface area (Å²) in [6.07, 6.45) is -0.241. The Bertz CT molecular complexity index is 391. The molecule has 5 heteroatoms. The highest BCUT2D eigenvalue weighted by Gasteiger charge is 2.17. The highest BCUT2D eigenvalue weighted by Crippen LogP contribution is 2.23. The molecule has 0 fully saturated rings. The number of aliphatic hydroxyl groups is 2. The maximum absolute atomic E-state index is 10.1. The summed E-state index contributed by atoms with van der Waals surface area (Å²) in [5, 5.41) is 19.3. The van der Waals surface area contributed by atoms with Crippen LogP contribution in [0.1, 0.15) is 18.1 Å². The summed E-state index contributed by atoms with van der Waals surface area (Å²) in [6, 6.07) is 6.41. The van der Waals surface area contributed by atoms with Crippen molar-refractivity contribution in [1.29, 1.82) is 0 Å². The van der Waals surface area contributed by atoms with Gasteiger partial charge in [0.05, 0.1) is 11.8 Å². The van der Waals surface area contributed by atoms with E-state index in [0.717, 1.165) is 0 Å². The van der Waals surface area contributed by atoms with Crippen molar-refractivity contribution < 1.29 is 15.0 Å². The van der Waals surface area contributed by atoms with Crippen LogP contribution in [0.15, 0.2) is 29.3 Å². The van der Waals surface area contributed by atoms with Gasteiger partial charge in [0.25, 0.3) is 0 Å². The van der Waals surface area contributed by atoms with Gasteiger partial charge < -0.3 is 10.2 Å². The average molecular weight is 242 g/mol. The summed E-state index contributed by atoms with van der Waals surface area (Å²) in [5.41, 5.74) is 0.888. The third-order valence-electron chi connectivity index (χ3n) is 2.16. The van der Waals surface area contributed by atoms with Gasteiger partial charge >= 0.3 is 0 Å². The summed E-state index contributed by atoms with van der Waals surface area (Å²) in [6.45, 7) is 0. The first-order valence-electron chi connectivity index (χ1n) is 4.79. The van der Waals surface area contributed by atoms with Gasteiger partial charge in [0.2, 0.25) is 6.08 Å². The van der Waals surface area contributed by atoms with Crippen LogP contribution < -0.4 is 0 Å². The molecule has 2 unspecified atom stereocenters. The van der Waals surface area contributed by atoms with Gasteiger partial charge in [0.1, 0.15) is 6.10 Å². The lowest BCUT2D eigenvalue weighted by Gasteiger charge is -2.17. The molecule has 2 N–H and O–H groups in total. The standard InChI is InChI=1S/C11H12ClNO3/c12-5-4-10(15)11(16)8-2-1-3-9(6-8)13-7-14/h1-3,6,10-11,15-16H,4-5H2. The first-order valence-corrected chi connectivity index (χ1v) is 5.32. The van der Waals surface area contributed by atoms with Crippen molar-refractivity contribution in [3.63, 3.8) is 0 Å². The smallest absolute Gasteiger partial charge is 0.240 e. The first kappa shape index (κ1) is 12.9. The molecule has 16 heavy (non-hydrogen) atoms. The van der Waals surface area contributed by atoms with E-state index in [9.17, 15) is 15.0 Å². The van der Waals surface area contributed by atoms with Crippen molar-refractivity contribution in [2.24, 2.45) is 4.99 Å². The van der Waals surface area contributed by atoms with Crippen molar-refractivity contribution in [1.82, 2.24) is 0 Å². The second-order valence-electron chi connectivity index (χ2n) is 3.29. The van der Waals surface area contributed by atoms with E-state index in [2.05, 4.69) is 4.99 Å². The molecule has 0 saturated carbocycles. The van der Waals surface area contributed by atoms with E-state index in [4.69, 9.17) is 11.6 Å². The minimum absolute atomic E-state index is 0.268. The quantitative estimate of drug-likeness (QED) is 0.468. The number of aliphatic hydroxyl groups excluding tert-OH is 2. The molecular formula is C11H12ClNO3. The van der Waals surface area contributed by atoms with Gasteiger partial charge in [-0.2, -0.15) is 4.99 Å². The molecule has 86 valence electrons. The summed E-state index contributed by atoms with van der Waals surface area (Å²) in [5.74, 6) is 0.268. The maximum atomic E-state index is 10.1. The normalized spacial score (nSPS) is 13.9. The Morgan fingerprint density at radius 1 is 1.44 bits per heavy atom. The number of aliphatic imine (C=N–C) groups is 1. The number of nitrogens with zero attached hydrogens (tertiary/aromatic N) is 1. The zero-order valence-electron chi connectivity index (χ0n) is 8.51. The summed E-state index contributed by atoms with van der Waals surface area (Å²) in [7, 11) is 0. The van der Waals surface area contributed by atoms with Crippen LogP contribution in [0, 0.1) is 0 Å². The third kappa shape index (κ3) is 3.43. The zero-order valence-corrected chi connectivity index (χ0v) is 9.26. The summed E-state index contributed by atoms with van der Waals surface area (Å²) < 4.78 is 0. The Hall–Kier alpha value is -1.19. The van der Waals surface area contributed by atoms with E-state index < -0.39 is 12.2 Å². The van der Waals surface area contributed by atoms with Crippen molar-refractivity contribution >= 4 is 23.4 Å². The van der Waals surface area contributed by atoms with E-state index in [0.29, 0.717) is 17.7 Å². The molecule has 0 aromatic heterocycles. The van der Waals surface area contributed by atoms with Crippen LogP contribution in [-0.4, -0.2) is 28.3 Å². The fraction of sp³-hybridized carbons (Fsp3) is 0.364. The van der Waals surface area contributed by atoms with Crippen molar-refractivity contribution in [2.45, 2.75) is 18.6 Å². The lowest BCUT2D eigenvalue weighted by Crippen LogP contribution is -2.18. The lowest BCUT2D eigenvalue weighted by atomic mass is 10.0. The van der Waals surface area contributed by atoms with E-state index in [1.165, 1.54) is 12.1 Å². The van der Waals surface area contributed by atoms with Gasteiger partial charge in [-0.3, -0.25) is 0 Å². The van der Waals surface area contributed by atoms with Gasteiger partial charge in [-0.15, -0.1) is 11.6 Å². The van der Waals surface area contributed by atoms with Crippen LogP contribution in [0.3, 0.4) is 0 Å². The maximum Gasteiger partial charge on any atom is 0.240 e. The molecule has 0 saturated heterocycles. The fourth-order valence-electron chi connectivity index (χ4n) is 1.32.